The Morgan fingerprint density at radius 3 is 1.67 bits per heavy atom. The maximum atomic E-state index is 14.8. The van der Waals surface area contributed by atoms with Crippen molar-refractivity contribution < 1.29 is 32.6 Å². The molecule has 0 bridgehead atoms. The zero-order chi connectivity index (χ0) is 34.4. The van der Waals surface area contributed by atoms with Crippen LogP contribution in [0.1, 0.15) is 63.7 Å². The second-order valence-corrected chi connectivity index (χ2v) is 11.5. The van der Waals surface area contributed by atoms with Gasteiger partial charge < -0.3 is 14.4 Å². The van der Waals surface area contributed by atoms with Gasteiger partial charge in [0.1, 0.15) is 12.3 Å². The first kappa shape index (κ1) is 38.6. The molecule has 1 aromatic carbocycles. The number of alkyl halides is 2. The number of imide groups is 1. The summed E-state index contributed by atoms with van der Waals surface area (Å²) in [4.78, 5) is 41.8. The molecule has 0 aliphatic carbocycles. The molecular weight excluding hydrogens is 592 g/mol. The second-order valence-electron chi connectivity index (χ2n) is 11.5. The minimum Gasteiger partial charge on any atom is -0.352 e. The molecule has 8 atom stereocenters. The summed E-state index contributed by atoms with van der Waals surface area (Å²) in [7, 11) is 0. The van der Waals surface area contributed by atoms with E-state index < -0.39 is 36.7 Å². The van der Waals surface area contributed by atoms with Crippen LogP contribution in [0.5, 0.6) is 0 Å². The fourth-order valence-electron chi connectivity index (χ4n) is 5.67. The molecule has 0 radical (unpaired) electrons. The fourth-order valence-corrected chi connectivity index (χ4v) is 5.67. The molecule has 1 aromatic rings. The van der Waals surface area contributed by atoms with Gasteiger partial charge in [0, 0.05) is 43.5 Å². The van der Waals surface area contributed by atoms with E-state index in [9.17, 15) is 23.2 Å². The Kier molecular flexibility index (Phi) is 16.0. The van der Waals surface area contributed by atoms with Crippen molar-refractivity contribution in [2.45, 2.75) is 90.4 Å². The summed E-state index contributed by atoms with van der Waals surface area (Å²) >= 11 is 0. The first-order chi connectivity index (χ1) is 22.0. The maximum absolute atomic E-state index is 14.8. The van der Waals surface area contributed by atoms with Gasteiger partial charge in [-0.1, -0.05) is 70.2 Å². The van der Waals surface area contributed by atoms with Crippen LogP contribution in [0.3, 0.4) is 0 Å². The lowest BCUT2D eigenvalue weighted by Gasteiger charge is -2.33. The quantitative estimate of drug-likeness (QED) is 0.202. The van der Waals surface area contributed by atoms with E-state index in [0.29, 0.717) is 31.4 Å². The number of hydrogen-bond acceptors (Lipinski definition) is 5. The molecule has 4 amide bonds. The van der Waals surface area contributed by atoms with Crippen LogP contribution < -0.4 is 0 Å². The van der Waals surface area contributed by atoms with Gasteiger partial charge in [0.2, 0.25) is 5.91 Å². The van der Waals surface area contributed by atoms with E-state index in [1.165, 1.54) is 22.0 Å². The van der Waals surface area contributed by atoms with Crippen LogP contribution in [0, 0.1) is 11.8 Å². The molecule has 2 unspecified atom stereocenters. The average molecular weight is 644 g/mol. The van der Waals surface area contributed by atoms with Crippen LogP contribution in [-0.2, 0) is 14.3 Å². The normalized spacial score (nSPS) is 26.7. The van der Waals surface area contributed by atoms with Gasteiger partial charge in [0.25, 0.3) is 5.91 Å². The van der Waals surface area contributed by atoms with Crippen molar-refractivity contribution in [2.75, 3.05) is 19.6 Å². The molecule has 0 saturated carbocycles. The molecule has 2 fully saturated rings. The Morgan fingerprint density at radius 1 is 0.761 bits per heavy atom. The third-order valence-electron chi connectivity index (χ3n) is 8.36. The van der Waals surface area contributed by atoms with Crippen molar-refractivity contribution in [2.24, 2.45) is 11.8 Å². The van der Waals surface area contributed by atoms with Gasteiger partial charge in [-0.3, -0.25) is 19.4 Å². The number of hydrogen-bond donors (Lipinski definition) is 0. The molecule has 2 heterocycles. The van der Waals surface area contributed by atoms with Gasteiger partial charge in [-0.15, -0.1) is 26.3 Å². The topological polar surface area (TPSA) is 79.4 Å². The smallest absolute Gasteiger partial charge is 0.329 e. The molecule has 3 rings (SSSR count). The van der Waals surface area contributed by atoms with Gasteiger partial charge in [0.15, 0.2) is 12.5 Å². The average Bonchev–Trinajstić information content (AvgIpc) is 3.52. The van der Waals surface area contributed by atoms with E-state index in [0.717, 1.165) is 11.3 Å². The zero-order valence-corrected chi connectivity index (χ0v) is 27.7. The Bertz CT molecular complexity index is 1180. The molecule has 8 nitrogen and oxygen atoms in total. The highest BCUT2D eigenvalue weighted by atomic mass is 19.1. The lowest BCUT2D eigenvalue weighted by atomic mass is 9.99. The van der Waals surface area contributed by atoms with Crippen LogP contribution in [0.4, 0.5) is 13.6 Å². The van der Waals surface area contributed by atoms with Crippen LogP contribution in [-0.4, -0.2) is 89.2 Å². The highest BCUT2D eigenvalue weighted by Gasteiger charge is 2.47. The predicted molar refractivity (Wildman–Crippen MR) is 177 cm³/mol. The molecule has 0 N–H and O–H groups in total. The summed E-state index contributed by atoms with van der Waals surface area (Å²) in [5.74, 6) is -1.10. The summed E-state index contributed by atoms with van der Waals surface area (Å²) in [6.07, 6.45) is 3.85. The van der Waals surface area contributed by atoms with Crippen LogP contribution in [0.15, 0.2) is 81.0 Å². The third-order valence-corrected chi connectivity index (χ3v) is 8.36. The minimum atomic E-state index is -1.34. The number of urea groups is 1. The Hall–Kier alpha value is -3.63. The number of benzene rings is 1. The highest BCUT2D eigenvalue weighted by molar-refractivity contribution is 6.04. The number of ether oxygens (including phenoxy) is 2. The lowest BCUT2D eigenvalue weighted by Crippen LogP contribution is -2.52. The largest absolute Gasteiger partial charge is 0.352 e. The van der Waals surface area contributed by atoms with E-state index in [1.807, 2.05) is 20.8 Å². The number of allylic oxidation sites excluding steroid dienone is 1. The molecule has 2 aliphatic heterocycles. The number of rotatable bonds is 14. The molecule has 10 heteroatoms. The number of carbonyl (C=O) groups is 3. The van der Waals surface area contributed by atoms with E-state index in [4.69, 9.17) is 9.47 Å². The number of amides is 4. The van der Waals surface area contributed by atoms with Crippen molar-refractivity contribution >= 4 is 17.8 Å². The van der Waals surface area contributed by atoms with E-state index in [-0.39, 0.29) is 43.0 Å². The van der Waals surface area contributed by atoms with Crippen molar-refractivity contribution in [3.63, 3.8) is 0 Å². The molecule has 254 valence electrons. The Labute approximate surface area is 273 Å². The van der Waals surface area contributed by atoms with E-state index in [2.05, 4.69) is 26.3 Å². The first-order valence-corrected chi connectivity index (χ1v) is 16.0. The van der Waals surface area contributed by atoms with Crippen LogP contribution in [0.2, 0.25) is 0 Å². The summed E-state index contributed by atoms with van der Waals surface area (Å²) < 4.78 is 40.7. The predicted octanol–water partition coefficient (Wildman–Crippen LogP) is 7.11. The summed E-state index contributed by atoms with van der Waals surface area (Å²) in [6.45, 7) is 22.4. The van der Waals surface area contributed by atoms with Crippen LogP contribution in [0.25, 0.3) is 0 Å². The van der Waals surface area contributed by atoms with Gasteiger partial charge in [-0.25, -0.2) is 13.6 Å². The SMILES string of the molecule is C=CCCC(=O)N(CC=C)C1O[C@H](CC)[C@@H](C)[C@@H]1F.C=CCN(C(=O)c1ccccc1)C(=O)N(CC=C)C1O[C@H](CC)[C@@H](C)[C@@H]1F. The van der Waals surface area contributed by atoms with E-state index in [1.54, 1.807) is 49.4 Å². The standard InChI is InChI=1S/C21H27FN2O3.C15H24FNO2/c1-5-13-23(19(25)16-11-9-8-10-12-16)21(26)24(14-6-2)20-18(22)15(4)17(7-3)27-20;1-5-8-9-13(18)17(10-6-2)15-14(16)11(4)12(7-3)19-15/h5-6,8-12,15,17-18,20H,1-2,7,13-14H2,3-4H3;5-6,11-12,14-15H,1-2,7-10H2,3-4H3/t15-,17-,18+,20?;11-,12-,14+,15?/m11/s1. The number of nitrogens with zero attached hydrogens (tertiary/aromatic N) is 3. The molecule has 2 aliphatic rings. The minimum absolute atomic E-state index is 0.0106. The third kappa shape index (κ3) is 9.45. The number of halogens is 2. The van der Waals surface area contributed by atoms with Gasteiger partial charge >= 0.3 is 6.03 Å². The van der Waals surface area contributed by atoms with Crippen molar-refractivity contribution in [1.82, 2.24) is 14.7 Å². The van der Waals surface area contributed by atoms with E-state index >= 15 is 0 Å². The summed E-state index contributed by atoms with van der Waals surface area (Å²) in [5.41, 5.74) is 0.371. The molecular formula is C36H51F2N3O5. The fraction of sp³-hybridized carbons (Fsp3) is 0.528. The monoisotopic (exact) mass is 643 g/mol. The Morgan fingerprint density at radius 2 is 1.24 bits per heavy atom. The molecule has 46 heavy (non-hydrogen) atoms. The summed E-state index contributed by atoms with van der Waals surface area (Å²) in [5, 5.41) is 0. The summed E-state index contributed by atoms with van der Waals surface area (Å²) in [6, 6.07) is 7.85. The zero-order valence-electron chi connectivity index (χ0n) is 27.7. The molecule has 0 spiro atoms. The molecule has 2 saturated heterocycles. The van der Waals surface area contributed by atoms with Gasteiger partial charge in [-0.05, 0) is 31.4 Å². The van der Waals surface area contributed by atoms with Gasteiger partial charge in [-0.2, -0.15) is 0 Å². The highest BCUT2D eigenvalue weighted by Crippen LogP contribution is 2.34. The number of carbonyl (C=O) groups excluding carboxylic acids is 3. The van der Waals surface area contributed by atoms with Crippen LogP contribution >= 0.6 is 0 Å². The molecule has 0 aromatic heterocycles. The van der Waals surface area contributed by atoms with Crippen molar-refractivity contribution in [3.8, 4) is 0 Å². The maximum Gasteiger partial charge on any atom is 0.329 e. The van der Waals surface area contributed by atoms with Crippen molar-refractivity contribution in [1.29, 1.82) is 0 Å². The Balaban J connectivity index is 0.000000341. The first-order valence-electron chi connectivity index (χ1n) is 16.0. The van der Waals surface area contributed by atoms with Gasteiger partial charge in [0.05, 0.1) is 12.2 Å². The lowest BCUT2D eigenvalue weighted by molar-refractivity contribution is -0.147. The van der Waals surface area contributed by atoms with Crippen molar-refractivity contribution in [3.05, 3.63) is 86.5 Å². The second kappa shape index (κ2) is 19.1.